The maximum Gasteiger partial charge on any atom is 0.259 e. The van der Waals surface area contributed by atoms with E-state index in [-0.39, 0.29) is 19.4 Å². The van der Waals surface area contributed by atoms with Crippen LogP contribution >= 0.6 is 0 Å². The Morgan fingerprint density at radius 3 is 2.38 bits per heavy atom. The largest absolute Gasteiger partial charge is 0.497 e. The molecule has 2 aromatic carbocycles. The number of pyridine rings is 1. The van der Waals surface area contributed by atoms with Gasteiger partial charge in [-0.3, -0.25) is 23.9 Å². The third-order valence-corrected chi connectivity index (χ3v) is 11.7. The van der Waals surface area contributed by atoms with E-state index in [1.54, 1.807) is 19.2 Å². The minimum absolute atomic E-state index is 0.0101. The van der Waals surface area contributed by atoms with Crippen LogP contribution in [-0.4, -0.2) is 84.6 Å². The minimum atomic E-state index is -3.89. The van der Waals surface area contributed by atoms with E-state index in [1.165, 1.54) is 17.9 Å². The predicted octanol–water partition coefficient (Wildman–Crippen LogP) is 3.48. The summed E-state index contributed by atoms with van der Waals surface area (Å²) in [5.41, 5.74) is -0.146. The molecule has 276 valence electrons. The summed E-state index contributed by atoms with van der Waals surface area (Å²) in [4.78, 5) is 60.6. The number of benzene rings is 2. The van der Waals surface area contributed by atoms with Crippen molar-refractivity contribution in [1.29, 1.82) is 0 Å². The van der Waals surface area contributed by atoms with Crippen LogP contribution in [0.1, 0.15) is 53.4 Å². The van der Waals surface area contributed by atoms with Crippen molar-refractivity contribution in [2.45, 2.75) is 82.4 Å². The van der Waals surface area contributed by atoms with Gasteiger partial charge in [0, 0.05) is 42.3 Å². The zero-order valence-corrected chi connectivity index (χ0v) is 30.8. The number of fused-ring (bicyclic) bond motifs is 1. The second-order valence-corrected chi connectivity index (χ2v) is 16.9. The van der Waals surface area contributed by atoms with Gasteiger partial charge < -0.3 is 25.0 Å². The Hall–Kier alpha value is -4.98. The normalized spacial score (nSPS) is 23.3. The number of aromatic nitrogens is 1. The number of carbonyl (C=O) groups excluding carboxylic acids is 4. The molecule has 3 fully saturated rings. The summed E-state index contributed by atoms with van der Waals surface area (Å²) in [6.45, 7) is 10.5. The maximum atomic E-state index is 14.3. The number of hydrogen-bond acceptors (Lipinski definition) is 9. The second-order valence-electron chi connectivity index (χ2n) is 14.9. The fraction of sp³-hybridized carbons (Fsp3) is 0.447. The Balaban J connectivity index is 1.34. The number of amides is 4. The molecule has 2 heterocycles. The molecule has 2 saturated carbocycles. The molecule has 1 aromatic heterocycles. The van der Waals surface area contributed by atoms with Crippen molar-refractivity contribution >= 4 is 44.6 Å². The van der Waals surface area contributed by atoms with E-state index in [0.29, 0.717) is 40.9 Å². The summed E-state index contributed by atoms with van der Waals surface area (Å²) in [6.07, 6.45) is 1.94. The van der Waals surface area contributed by atoms with Crippen molar-refractivity contribution in [1.82, 2.24) is 25.2 Å². The zero-order valence-electron chi connectivity index (χ0n) is 30.0. The van der Waals surface area contributed by atoms with Crippen LogP contribution in [0.25, 0.3) is 22.2 Å². The van der Waals surface area contributed by atoms with E-state index in [0.717, 1.165) is 5.56 Å². The Morgan fingerprint density at radius 1 is 1.08 bits per heavy atom. The van der Waals surface area contributed by atoms with Gasteiger partial charge in [-0.05, 0) is 36.8 Å². The third kappa shape index (κ3) is 7.48. The number of methoxy groups -OCH3 is 1. The van der Waals surface area contributed by atoms with E-state index in [4.69, 9.17) is 14.5 Å². The molecule has 0 bridgehead atoms. The lowest BCUT2D eigenvalue weighted by Gasteiger charge is -2.35. The van der Waals surface area contributed by atoms with Crippen molar-refractivity contribution < 1.29 is 37.1 Å². The van der Waals surface area contributed by atoms with Crippen LogP contribution in [0.5, 0.6) is 11.5 Å². The van der Waals surface area contributed by atoms with Crippen LogP contribution in [0.15, 0.2) is 67.3 Å². The Kier molecular flexibility index (Phi) is 9.81. The van der Waals surface area contributed by atoms with Gasteiger partial charge in [0.2, 0.25) is 27.7 Å². The molecule has 3 N–H and O–H groups in total. The first-order chi connectivity index (χ1) is 24.6. The van der Waals surface area contributed by atoms with Gasteiger partial charge in [-0.15, -0.1) is 6.58 Å². The zero-order chi connectivity index (χ0) is 37.6. The molecule has 3 aromatic rings. The first-order valence-corrected chi connectivity index (χ1v) is 18.9. The SMILES string of the molecule is C=C[C@@H]1C[C@]1(NC(=O)C1C[C@@H](Oc2cc(-c3ccccc3)nc3cc(OC)ccc23)CN1C(=O)[C@@H](NC(C)=O)C(C)(C)C)C(=O)NS(=O)(=O)C1CC1. The standard InChI is InChI=1S/C38H45N5O8S/c1-7-24-20-38(24,36(47)42-52(48,49)27-14-15-27)41-34(45)31-18-26(21-43(31)35(46)33(37(3,4)5)39-22(2)44)51-32-19-29(23-11-9-8-10-12-23)40-30-17-25(50-6)13-16-28(30)32/h7-13,16-17,19,24,26-27,31,33H,1,14-15,18,20-21H2,2-6H3,(H,39,44)(H,41,45)(H,42,47)/t24-,26-,31?,33-,38-/m1/s1. The minimum Gasteiger partial charge on any atom is -0.497 e. The topological polar surface area (TPSA) is 173 Å². The van der Waals surface area contributed by atoms with Crippen molar-refractivity contribution in [3.05, 3.63) is 67.3 Å². The third-order valence-electron chi connectivity index (χ3n) is 9.90. The molecule has 0 radical (unpaired) electrons. The van der Waals surface area contributed by atoms with Crippen LogP contribution in [0, 0.1) is 11.3 Å². The Morgan fingerprint density at radius 2 is 1.79 bits per heavy atom. The molecule has 14 heteroatoms. The van der Waals surface area contributed by atoms with Crippen molar-refractivity contribution in [3.8, 4) is 22.8 Å². The van der Waals surface area contributed by atoms with Gasteiger partial charge >= 0.3 is 0 Å². The molecular formula is C38H45N5O8S. The molecule has 0 spiro atoms. The van der Waals surface area contributed by atoms with E-state index in [9.17, 15) is 27.6 Å². The quantitative estimate of drug-likeness (QED) is 0.236. The number of hydrogen-bond donors (Lipinski definition) is 3. The molecular weight excluding hydrogens is 687 g/mol. The highest BCUT2D eigenvalue weighted by molar-refractivity contribution is 7.91. The molecule has 5 atom stereocenters. The van der Waals surface area contributed by atoms with Gasteiger partial charge in [0.25, 0.3) is 5.91 Å². The molecule has 13 nitrogen and oxygen atoms in total. The lowest BCUT2D eigenvalue weighted by molar-refractivity contribution is -0.144. The van der Waals surface area contributed by atoms with Crippen molar-refractivity contribution in [2.24, 2.45) is 11.3 Å². The van der Waals surface area contributed by atoms with Crippen molar-refractivity contribution in [3.63, 3.8) is 0 Å². The fourth-order valence-corrected chi connectivity index (χ4v) is 8.11. The highest BCUT2D eigenvalue weighted by Crippen LogP contribution is 2.46. The first-order valence-electron chi connectivity index (χ1n) is 17.4. The summed E-state index contributed by atoms with van der Waals surface area (Å²) in [5, 5.41) is 5.61. The summed E-state index contributed by atoms with van der Waals surface area (Å²) in [6, 6.07) is 14.7. The van der Waals surface area contributed by atoms with E-state index in [2.05, 4.69) is 21.9 Å². The molecule has 4 amide bonds. The summed E-state index contributed by atoms with van der Waals surface area (Å²) in [7, 11) is -2.32. The number of nitrogens with zero attached hydrogens (tertiary/aromatic N) is 2. The first kappa shape index (κ1) is 36.8. The summed E-state index contributed by atoms with van der Waals surface area (Å²) >= 11 is 0. The van der Waals surface area contributed by atoms with Crippen LogP contribution in [0.3, 0.4) is 0 Å². The van der Waals surface area contributed by atoms with Crippen molar-refractivity contribution in [2.75, 3.05) is 13.7 Å². The number of sulfonamides is 1. The number of ether oxygens (including phenoxy) is 2. The fourth-order valence-electron chi connectivity index (χ4n) is 6.75. The average molecular weight is 732 g/mol. The smallest absolute Gasteiger partial charge is 0.259 e. The van der Waals surface area contributed by atoms with Gasteiger partial charge in [-0.25, -0.2) is 13.4 Å². The molecule has 1 saturated heterocycles. The van der Waals surface area contributed by atoms with Gasteiger partial charge in [-0.2, -0.15) is 0 Å². The highest BCUT2D eigenvalue weighted by Gasteiger charge is 2.62. The Labute approximate surface area is 303 Å². The summed E-state index contributed by atoms with van der Waals surface area (Å²) in [5.74, 6) is -1.80. The number of likely N-dealkylation sites (tertiary alicyclic amines) is 1. The molecule has 1 aliphatic heterocycles. The summed E-state index contributed by atoms with van der Waals surface area (Å²) < 4.78 is 39.6. The van der Waals surface area contributed by atoms with Gasteiger partial charge in [0.05, 0.1) is 30.1 Å². The monoisotopic (exact) mass is 731 g/mol. The lowest BCUT2D eigenvalue weighted by atomic mass is 9.85. The van der Waals surface area contributed by atoms with Crippen LogP contribution < -0.4 is 24.8 Å². The Bertz CT molecular complexity index is 2030. The number of nitrogens with one attached hydrogen (secondary N) is 3. The van der Waals surface area contributed by atoms with E-state index >= 15 is 0 Å². The lowest BCUT2D eigenvalue weighted by Crippen LogP contribution is -2.60. The average Bonchev–Trinajstić information content (AvgIpc) is 4.03. The number of rotatable bonds is 12. The van der Waals surface area contributed by atoms with E-state index in [1.807, 2.05) is 63.2 Å². The maximum absolute atomic E-state index is 14.3. The van der Waals surface area contributed by atoms with Gasteiger partial charge in [0.15, 0.2) is 0 Å². The molecule has 3 aliphatic rings. The van der Waals surface area contributed by atoms with Crippen LogP contribution in [-0.2, 0) is 29.2 Å². The van der Waals surface area contributed by atoms with Gasteiger partial charge in [-0.1, -0.05) is 57.2 Å². The predicted molar refractivity (Wildman–Crippen MR) is 195 cm³/mol. The number of carbonyl (C=O) groups is 4. The van der Waals surface area contributed by atoms with Crippen LogP contribution in [0.2, 0.25) is 0 Å². The molecule has 52 heavy (non-hydrogen) atoms. The van der Waals surface area contributed by atoms with Crippen LogP contribution in [0.4, 0.5) is 0 Å². The highest BCUT2D eigenvalue weighted by atomic mass is 32.2. The molecule has 1 unspecified atom stereocenters. The molecule has 6 rings (SSSR count). The van der Waals surface area contributed by atoms with Gasteiger partial charge in [0.1, 0.15) is 35.2 Å². The molecule has 2 aliphatic carbocycles. The van der Waals surface area contributed by atoms with E-state index < -0.39 is 74.0 Å². The second kappa shape index (κ2) is 13.9.